The van der Waals surface area contributed by atoms with Gasteiger partial charge in [0.05, 0.1) is 6.10 Å². The van der Waals surface area contributed by atoms with Crippen molar-refractivity contribution >= 4 is 28.5 Å². The number of aliphatic hydroxyl groups is 1. The van der Waals surface area contributed by atoms with Crippen LogP contribution in [0.15, 0.2) is 24.3 Å². The van der Waals surface area contributed by atoms with Gasteiger partial charge in [-0.1, -0.05) is 6.07 Å². The van der Waals surface area contributed by atoms with Gasteiger partial charge in [-0.15, -0.1) is 0 Å². The van der Waals surface area contributed by atoms with Gasteiger partial charge in [-0.25, -0.2) is 0 Å². The number of carbonyl (C=O) groups is 1. The van der Waals surface area contributed by atoms with Crippen molar-refractivity contribution in [2.24, 2.45) is 5.92 Å². The van der Waals surface area contributed by atoms with Crippen LogP contribution in [0.25, 0.3) is 0 Å². The topological polar surface area (TPSA) is 40.5 Å². The molecule has 92 valence electrons. The minimum absolute atomic E-state index is 0.0756. The fourth-order valence-corrected chi connectivity index (χ4v) is 2.71. The molecule has 0 saturated carbocycles. The Kier molecular flexibility index (Phi) is 4.04. The molecule has 1 fully saturated rings. The number of amides is 1. The van der Waals surface area contributed by atoms with E-state index in [0.717, 1.165) is 22.1 Å². The smallest absolute Gasteiger partial charge is 0.253 e. The number of carbonyl (C=O) groups excluding carboxylic acids is 1. The maximum Gasteiger partial charge on any atom is 0.253 e. The van der Waals surface area contributed by atoms with Crippen LogP contribution in [0.2, 0.25) is 0 Å². The maximum atomic E-state index is 12.2. The van der Waals surface area contributed by atoms with Crippen LogP contribution < -0.4 is 0 Å². The van der Waals surface area contributed by atoms with E-state index in [2.05, 4.69) is 22.6 Å². The molecule has 1 aromatic rings. The minimum Gasteiger partial charge on any atom is -0.393 e. The second kappa shape index (κ2) is 5.35. The molecular weight excluding hydrogens is 329 g/mol. The van der Waals surface area contributed by atoms with E-state index in [-0.39, 0.29) is 17.9 Å². The second-order valence-electron chi connectivity index (χ2n) is 4.55. The van der Waals surface area contributed by atoms with Crippen molar-refractivity contribution in [3.63, 3.8) is 0 Å². The Bertz CT molecular complexity index is 420. The summed E-state index contributed by atoms with van der Waals surface area (Å²) in [7, 11) is 0. The number of likely N-dealkylation sites (tertiary alicyclic amines) is 1. The van der Waals surface area contributed by atoms with Crippen LogP contribution in [0, 0.1) is 9.49 Å². The summed E-state index contributed by atoms with van der Waals surface area (Å²) in [5.41, 5.74) is 0.739. The van der Waals surface area contributed by atoms with E-state index in [1.54, 1.807) is 6.92 Å². The van der Waals surface area contributed by atoms with Crippen molar-refractivity contribution in [2.75, 3.05) is 13.1 Å². The Balaban J connectivity index is 2.07. The van der Waals surface area contributed by atoms with E-state index in [1.165, 1.54) is 0 Å². The highest BCUT2D eigenvalue weighted by molar-refractivity contribution is 14.1. The number of benzene rings is 1. The van der Waals surface area contributed by atoms with Crippen molar-refractivity contribution < 1.29 is 9.90 Å². The molecule has 0 aromatic heterocycles. The molecule has 0 spiro atoms. The van der Waals surface area contributed by atoms with Crippen LogP contribution in [-0.4, -0.2) is 35.1 Å². The first kappa shape index (κ1) is 12.8. The van der Waals surface area contributed by atoms with Crippen molar-refractivity contribution in [3.8, 4) is 0 Å². The molecule has 0 aliphatic carbocycles. The van der Waals surface area contributed by atoms with E-state index in [4.69, 9.17) is 0 Å². The highest BCUT2D eigenvalue weighted by Crippen LogP contribution is 2.21. The second-order valence-corrected chi connectivity index (χ2v) is 5.80. The Morgan fingerprint density at radius 3 is 2.94 bits per heavy atom. The minimum atomic E-state index is -0.330. The van der Waals surface area contributed by atoms with Crippen molar-refractivity contribution in [1.82, 2.24) is 4.90 Å². The predicted molar refractivity (Wildman–Crippen MR) is 74.9 cm³/mol. The zero-order valence-electron chi connectivity index (χ0n) is 9.77. The SMILES string of the molecule is CC(O)C1CCN(C(=O)c2cccc(I)c2)C1. The Morgan fingerprint density at radius 2 is 2.35 bits per heavy atom. The van der Waals surface area contributed by atoms with Crippen molar-refractivity contribution in [1.29, 1.82) is 0 Å². The molecule has 1 heterocycles. The Labute approximate surface area is 115 Å². The average molecular weight is 345 g/mol. The summed E-state index contributed by atoms with van der Waals surface area (Å²) in [4.78, 5) is 14.0. The summed E-state index contributed by atoms with van der Waals surface area (Å²) >= 11 is 2.21. The van der Waals surface area contributed by atoms with Gasteiger partial charge in [0, 0.05) is 28.1 Å². The third-order valence-corrected chi connectivity index (χ3v) is 3.94. The van der Waals surface area contributed by atoms with E-state index in [0.29, 0.717) is 6.54 Å². The van der Waals surface area contributed by atoms with Gasteiger partial charge < -0.3 is 10.0 Å². The van der Waals surface area contributed by atoms with Gasteiger partial charge >= 0.3 is 0 Å². The molecule has 1 aliphatic rings. The van der Waals surface area contributed by atoms with Gasteiger partial charge in [0.15, 0.2) is 0 Å². The Hall–Kier alpha value is -0.620. The quantitative estimate of drug-likeness (QED) is 0.835. The highest BCUT2D eigenvalue weighted by atomic mass is 127. The van der Waals surface area contributed by atoms with E-state index >= 15 is 0 Å². The van der Waals surface area contributed by atoms with Crippen LogP contribution in [-0.2, 0) is 0 Å². The molecule has 3 nitrogen and oxygen atoms in total. The summed E-state index contributed by atoms with van der Waals surface area (Å²) in [5.74, 6) is 0.299. The molecule has 1 saturated heterocycles. The summed E-state index contributed by atoms with van der Waals surface area (Å²) in [5, 5.41) is 9.53. The molecule has 2 rings (SSSR count). The molecule has 2 unspecified atom stereocenters. The molecule has 1 amide bonds. The van der Waals surface area contributed by atoms with Gasteiger partial charge in [0.2, 0.25) is 0 Å². The van der Waals surface area contributed by atoms with Gasteiger partial charge in [-0.2, -0.15) is 0 Å². The normalized spacial score (nSPS) is 21.6. The summed E-state index contributed by atoms with van der Waals surface area (Å²) in [6.45, 7) is 3.21. The lowest BCUT2D eigenvalue weighted by molar-refractivity contribution is 0.0762. The molecule has 0 radical (unpaired) electrons. The fraction of sp³-hybridized carbons (Fsp3) is 0.462. The number of nitrogens with zero attached hydrogens (tertiary/aromatic N) is 1. The first-order valence-electron chi connectivity index (χ1n) is 5.81. The lowest BCUT2D eigenvalue weighted by Gasteiger charge is -2.17. The zero-order valence-corrected chi connectivity index (χ0v) is 11.9. The number of halogens is 1. The molecular formula is C13H16INO2. The van der Waals surface area contributed by atoms with Crippen LogP contribution >= 0.6 is 22.6 Å². The van der Waals surface area contributed by atoms with Crippen LogP contribution in [0.4, 0.5) is 0 Å². The Morgan fingerprint density at radius 1 is 1.59 bits per heavy atom. The largest absolute Gasteiger partial charge is 0.393 e. The number of rotatable bonds is 2. The molecule has 0 bridgehead atoms. The van der Waals surface area contributed by atoms with E-state index < -0.39 is 0 Å². The molecule has 17 heavy (non-hydrogen) atoms. The molecule has 4 heteroatoms. The van der Waals surface area contributed by atoms with Gasteiger partial charge in [0.1, 0.15) is 0 Å². The lowest BCUT2D eigenvalue weighted by atomic mass is 10.0. The maximum absolute atomic E-state index is 12.2. The number of hydrogen-bond donors (Lipinski definition) is 1. The molecule has 1 N–H and O–H groups in total. The van der Waals surface area contributed by atoms with Crippen LogP contribution in [0.1, 0.15) is 23.7 Å². The average Bonchev–Trinajstić information content (AvgIpc) is 2.77. The third kappa shape index (κ3) is 2.98. The predicted octanol–water partition coefficient (Wildman–Crippen LogP) is 2.13. The number of aliphatic hydroxyl groups excluding tert-OH is 1. The zero-order chi connectivity index (χ0) is 12.4. The van der Waals surface area contributed by atoms with E-state index in [9.17, 15) is 9.90 Å². The molecule has 1 aromatic carbocycles. The standard InChI is InChI=1S/C13H16INO2/c1-9(16)11-5-6-15(8-11)13(17)10-3-2-4-12(14)7-10/h2-4,7,9,11,16H,5-6,8H2,1H3. The monoisotopic (exact) mass is 345 g/mol. The third-order valence-electron chi connectivity index (χ3n) is 3.27. The fourth-order valence-electron chi connectivity index (χ4n) is 2.17. The summed E-state index contributed by atoms with van der Waals surface area (Å²) in [6, 6.07) is 7.62. The van der Waals surface area contributed by atoms with Gasteiger partial charge in [-0.05, 0) is 54.1 Å². The first-order chi connectivity index (χ1) is 8.08. The highest BCUT2D eigenvalue weighted by Gasteiger charge is 2.29. The lowest BCUT2D eigenvalue weighted by Crippen LogP contribution is -2.30. The number of hydrogen-bond acceptors (Lipinski definition) is 2. The van der Waals surface area contributed by atoms with E-state index in [1.807, 2.05) is 29.2 Å². The van der Waals surface area contributed by atoms with Crippen LogP contribution in [0.5, 0.6) is 0 Å². The van der Waals surface area contributed by atoms with Crippen molar-refractivity contribution in [2.45, 2.75) is 19.4 Å². The summed E-state index contributed by atoms with van der Waals surface area (Å²) in [6.07, 6.45) is 0.566. The van der Waals surface area contributed by atoms with Gasteiger partial charge in [0.25, 0.3) is 5.91 Å². The first-order valence-corrected chi connectivity index (χ1v) is 6.88. The summed E-state index contributed by atoms with van der Waals surface area (Å²) < 4.78 is 1.07. The van der Waals surface area contributed by atoms with Gasteiger partial charge in [-0.3, -0.25) is 4.79 Å². The molecule has 2 atom stereocenters. The van der Waals surface area contributed by atoms with Crippen molar-refractivity contribution in [3.05, 3.63) is 33.4 Å². The molecule has 1 aliphatic heterocycles. The van der Waals surface area contributed by atoms with Crippen LogP contribution in [0.3, 0.4) is 0 Å².